The second-order valence-corrected chi connectivity index (χ2v) is 4.55. The van der Waals surface area contributed by atoms with Crippen LogP contribution in [0.5, 0.6) is 0 Å². The van der Waals surface area contributed by atoms with Crippen LogP contribution in [-0.4, -0.2) is 24.0 Å². The zero-order valence-electron chi connectivity index (χ0n) is 7.13. The maximum Gasteiger partial charge on any atom is 0.0152 e. The van der Waals surface area contributed by atoms with E-state index in [1.54, 1.807) is 0 Å². The van der Waals surface area contributed by atoms with Gasteiger partial charge in [-0.25, -0.2) is 0 Å². The molecule has 0 aromatic rings. The molecule has 0 radical (unpaired) electrons. The molecule has 11 heavy (non-hydrogen) atoms. The molecule has 0 N–H and O–H groups in total. The lowest BCUT2D eigenvalue weighted by Gasteiger charge is -2.39. The third kappa shape index (κ3) is 1.10. The van der Waals surface area contributed by atoms with Crippen molar-refractivity contribution >= 4 is 0 Å². The fourth-order valence-electron chi connectivity index (χ4n) is 2.50. The lowest BCUT2D eigenvalue weighted by atomic mass is 10.0. The fraction of sp³-hybridized carbons (Fsp3) is 1.00. The van der Waals surface area contributed by atoms with Gasteiger partial charge in [-0.05, 0) is 57.0 Å². The Morgan fingerprint density at radius 3 is 1.73 bits per heavy atom. The maximum absolute atomic E-state index is 2.75. The molecule has 2 aliphatic carbocycles. The van der Waals surface area contributed by atoms with Gasteiger partial charge >= 0.3 is 0 Å². The first kappa shape index (κ1) is 6.47. The molecule has 0 atom stereocenters. The Morgan fingerprint density at radius 2 is 1.45 bits per heavy atom. The summed E-state index contributed by atoms with van der Waals surface area (Å²) >= 11 is 0. The van der Waals surface area contributed by atoms with E-state index in [0.717, 1.165) is 17.9 Å². The second-order valence-electron chi connectivity index (χ2n) is 4.55. The Balaban J connectivity index is 1.66. The predicted molar refractivity (Wildman–Crippen MR) is 45.4 cm³/mol. The minimum Gasteiger partial charge on any atom is -0.300 e. The van der Waals surface area contributed by atoms with Crippen LogP contribution in [0.4, 0.5) is 0 Å². The van der Waals surface area contributed by atoms with E-state index in [1.165, 1.54) is 45.2 Å². The monoisotopic (exact) mass is 151 g/mol. The first-order chi connectivity index (χ1) is 5.45. The lowest BCUT2D eigenvalue weighted by molar-refractivity contribution is 0.0886. The van der Waals surface area contributed by atoms with Gasteiger partial charge in [0.15, 0.2) is 0 Å². The standard InChI is InChI=1S/C10H17N/c1-6-11(7-1)10(8-2-3-8)9-4-5-9/h8-10H,1-7H2. The highest BCUT2D eigenvalue weighted by molar-refractivity contribution is 4.99. The Bertz CT molecular complexity index is 142. The van der Waals surface area contributed by atoms with Gasteiger partial charge in [0.1, 0.15) is 0 Å². The Kier molecular flexibility index (Phi) is 1.31. The van der Waals surface area contributed by atoms with Gasteiger partial charge in [0.05, 0.1) is 0 Å². The molecule has 3 fully saturated rings. The van der Waals surface area contributed by atoms with Crippen LogP contribution in [-0.2, 0) is 0 Å². The third-order valence-corrected chi connectivity index (χ3v) is 3.52. The molecule has 0 unspecified atom stereocenters. The van der Waals surface area contributed by atoms with Crippen LogP contribution in [0.15, 0.2) is 0 Å². The van der Waals surface area contributed by atoms with Crippen molar-refractivity contribution in [1.82, 2.24) is 4.90 Å². The summed E-state index contributed by atoms with van der Waals surface area (Å²) in [5, 5.41) is 0. The molecular weight excluding hydrogens is 134 g/mol. The van der Waals surface area contributed by atoms with Gasteiger partial charge < -0.3 is 0 Å². The van der Waals surface area contributed by atoms with E-state index >= 15 is 0 Å². The van der Waals surface area contributed by atoms with Crippen molar-refractivity contribution in [2.45, 2.75) is 38.1 Å². The van der Waals surface area contributed by atoms with E-state index in [9.17, 15) is 0 Å². The molecule has 0 spiro atoms. The van der Waals surface area contributed by atoms with Gasteiger partial charge in [0.25, 0.3) is 0 Å². The van der Waals surface area contributed by atoms with E-state index in [2.05, 4.69) is 4.90 Å². The number of rotatable bonds is 3. The van der Waals surface area contributed by atoms with Gasteiger partial charge in [-0.3, -0.25) is 4.90 Å². The Morgan fingerprint density at radius 1 is 0.909 bits per heavy atom. The van der Waals surface area contributed by atoms with Gasteiger partial charge in [-0.15, -0.1) is 0 Å². The van der Waals surface area contributed by atoms with E-state index in [-0.39, 0.29) is 0 Å². The molecule has 0 amide bonds. The summed E-state index contributed by atoms with van der Waals surface area (Å²) in [5.74, 6) is 2.26. The van der Waals surface area contributed by atoms with Crippen LogP contribution in [0.25, 0.3) is 0 Å². The minimum absolute atomic E-state index is 1.05. The Hall–Kier alpha value is -0.0400. The molecule has 2 saturated carbocycles. The van der Waals surface area contributed by atoms with Gasteiger partial charge in [-0.2, -0.15) is 0 Å². The van der Waals surface area contributed by atoms with Crippen LogP contribution in [0.2, 0.25) is 0 Å². The van der Waals surface area contributed by atoms with Crippen molar-refractivity contribution < 1.29 is 0 Å². The van der Waals surface area contributed by atoms with Crippen molar-refractivity contribution in [3.05, 3.63) is 0 Å². The molecule has 1 aliphatic heterocycles. The van der Waals surface area contributed by atoms with Crippen molar-refractivity contribution in [3.63, 3.8) is 0 Å². The van der Waals surface area contributed by atoms with Crippen LogP contribution in [0, 0.1) is 11.8 Å². The van der Waals surface area contributed by atoms with E-state index in [1.807, 2.05) is 0 Å². The second kappa shape index (κ2) is 2.22. The largest absolute Gasteiger partial charge is 0.300 e. The minimum atomic E-state index is 1.05. The summed E-state index contributed by atoms with van der Waals surface area (Å²) in [6, 6.07) is 1.05. The van der Waals surface area contributed by atoms with Crippen LogP contribution < -0.4 is 0 Å². The van der Waals surface area contributed by atoms with Crippen molar-refractivity contribution in [2.75, 3.05) is 13.1 Å². The van der Waals surface area contributed by atoms with E-state index in [0.29, 0.717) is 0 Å². The highest BCUT2D eigenvalue weighted by atomic mass is 15.2. The molecule has 3 rings (SSSR count). The molecule has 3 aliphatic rings. The zero-order valence-corrected chi connectivity index (χ0v) is 7.13. The summed E-state index contributed by atoms with van der Waals surface area (Å²) < 4.78 is 0. The predicted octanol–water partition coefficient (Wildman–Crippen LogP) is 1.88. The van der Waals surface area contributed by atoms with Crippen LogP contribution in [0.1, 0.15) is 32.1 Å². The fourth-order valence-corrected chi connectivity index (χ4v) is 2.50. The maximum atomic E-state index is 2.75. The normalized spacial score (nSPS) is 32.5. The zero-order chi connectivity index (χ0) is 7.26. The van der Waals surface area contributed by atoms with Gasteiger partial charge in [0, 0.05) is 6.04 Å². The van der Waals surface area contributed by atoms with Crippen molar-refractivity contribution in [2.24, 2.45) is 11.8 Å². The lowest BCUT2D eigenvalue weighted by Crippen LogP contribution is -2.47. The number of hydrogen-bond acceptors (Lipinski definition) is 1. The summed E-state index contributed by atoms with van der Waals surface area (Å²) in [6.07, 6.45) is 7.63. The molecule has 1 heteroatoms. The molecule has 1 nitrogen and oxygen atoms in total. The number of likely N-dealkylation sites (tertiary alicyclic amines) is 1. The summed E-state index contributed by atoms with van der Waals surface area (Å²) in [6.45, 7) is 2.83. The van der Waals surface area contributed by atoms with E-state index in [4.69, 9.17) is 0 Å². The van der Waals surface area contributed by atoms with Gasteiger partial charge in [0.2, 0.25) is 0 Å². The first-order valence-electron chi connectivity index (χ1n) is 5.19. The molecule has 0 bridgehead atoms. The molecule has 1 saturated heterocycles. The van der Waals surface area contributed by atoms with E-state index < -0.39 is 0 Å². The molecular formula is C10H17N. The molecule has 1 heterocycles. The summed E-state index contributed by atoms with van der Waals surface area (Å²) in [4.78, 5) is 2.75. The smallest absolute Gasteiger partial charge is 0.0152 e. The van der Waals surface area contributed by atoms with Crippen LogP contribution >= 0.6 is 0 Å². The van der Waals surface area contributed by atoms with Crippen molar-refractivity contribution in [1.29, 1.82) is 0 Å². The summed E-state index contributed by atoms with van der Waals surface area (Å²) in [7, 11) is 0. The topological polar surface area (TPSA) is 3.24 Å². The highest BCUT2D eigenvalue weighted by Crippen LogP contribution is 2.48. The summed E-state index contributed by atoms with van der Waals surface area (Å²) in [5.41, 5.74) is 0. The van der Waals surface area contributed by atoms with Gasteiger partial charge in [-0.1, -0.05) is 0 Å². The molecule has 62 valence electrons. The Labute approximate surface area is 68.8 Å². The quantitative estimate of drug-likeness (QED) is 0.595. The third-order valence-electron chi connectivity index (χ3n) is 3.52. The highest BCUT2D eigenvalue weighted by Gasteiger charge is 2.45. The molecule has 0 aromatic heterocycles. The molecule has 0 aromatic carbocycles. The van der Waals surface area contributed by atoms with Crippen molar-refractivity contribution in [3.8, 4) is 0 Å². The number of nitrogens with zero attached hydrogens (tertiary/aromatic N) is 1. The average Bonchev–Trinajstić information content (AvgIpc) is 2.74. The van der Waals surface area contributed by atoms with Crippen LogP contribution in [0.3, 0.4) is 0 Å². The SMILES string of the molecule is C1CN(C(C2CC2)C2CC2)C1. The first-order valence-corrected chi connectivity index (χ1v) is 5.19. The number of hydrogen-bond donors (Lipinski definition) is 0. The average molecular weight is 151 g/mol.